The maximum atomic E-state index is 13.2. The van der Waals surface area contributed by atoms with Crippen LogP contribution in [0, 0.1) is 0 Å². The summed E-state index contributed by atoms with van der Waals surface area (Å²) in [7, 11) is 3.60. The minimum atomic E-state index is -0.324. The topological polar surface area (TPSA) is 85.5 Å². The highest BCUT2D eigenvalue weighted by Crippen LogP contribution is 2.48. The van der Waals surface area contributed by atoms with Gasteiger partial charge in [0.05, 0.1) is 42.2 Å². The Labute approximate surface area is 194 Å². The Morgan fingerprint density at radius 3 is 3.00 bits per heavy atom. The van der Waals surface area contributed by atoms with Gasteiger partial charge < -0.3 is 24.2 Å². The van der Waals surface area contributed by atoms with Crippen LogP contribution in [0.5, 0.6) is 5.75 Å². The number of nitrogens with zero attached hydrogens (tertiary/aromatic N) is 3. The van der Waals surface area contributed by atoms with Crippen molar-refractivity contribution >= 4 is 38.9 Å². The first-order chi connectivity index (χ1) is 16.1. The largest absolute Gasteiger partial charge is 0.486 e. The molecule has 1 saturated heterocycles. The van der Waals surface area contributed by atoms with E-state index >= 15 is 0 Å². The van der Waals surface area contributed by atoms with E-state index < -0.39 is 0 Å². The molecule has 1 N–H and O–H groups in total. The first kappa shape index (κ1) is 20.7. The van der Waals surface area contributed by atoms with Crippen LogP contribution >= 0.6 is 11.5 Å². The van der Waals surface area contributed by atoms with E-state index in [0.717, 1.165) is 34.4 Å². The predicted molar refractivity (Wildman–Crippen MR) is 127 cm³/mol. The lowest BCUT2D eigenvalue weighted by molar-refractivity contribution is 0.0869. The minimum absolute atomic E-state index is 0.0283. The average Bonchev–Trinajstić information content (AvgIpc) is 3.40. The normalized spacial score (nSPS) is 23.9. The molecule has 0 saturated carbocycles. The second-order valence-electron chi connectivity index (χ2n) is 8.73. The number of aliphatic hydroxyl groups excluding tert-OH is 1. The van der Waals surface area contributed by atoms with Crippen molar-refractivity contribution < 1.29 is 19.3 Å². The van der Waals surface area contributed by atoms with Crippen molar-refractivity contribution in [1.29, 1.82) is 0 Å². The Balaban J connectivity index is 1.62. The van der Waals surface area contributed by atoms with Gasteiger partial charge in [0.25, 0.3) is 5.56 Å². The summed E-state index contributed by atoms with van der Waals surface area (Å²) < 4.78 is 21.0. The zero-order chi connectivity index (χ0) is 22.7. The van der Waals surface area contributed by atoms with Gasteiger partial charge in [-0.3, -0.25) is 8.75 Å². The molecule has 0 radical (unpaired) electrons. The molecule has 3 aromatic rings. The fourth-order valence-electron chi connectivity index (χ4n) is 5.11. The molecule has 0 aliphatic carbocycles. The Bertz CT molecular complexity index is 1330. The van der Waals surface area contributed by atoms with Crippen LogP contribution < -0.4 is 15.2 Å². The van der Waals surface area contributed by atoms with Gasteiger partial charge in [0.2, 0.25) is 5.90 Å². The summed E-state index contributed by atoms with van der Waals surface area (Å²) in [4.78, 5) is 20.1. The Morgan fingerprint density at radius 2 is 2.18 bits per heavy atom. The molecular weight excluding hydrogens is 442 g/mol. The lowest BCUT2D eigenvalue weighted by Gasteiger charge is -2.36. The molecule has 6 rings (SSSR count). The molecule has 4 heterocycles. The Kier molecular flexibility index (Phi) is 4.93. The maximum absolute atomic E-state index is 13.2. The summed E-state index contributed by atoms with van der Waals surface area (Å²) in [5, 5.41) is 10.6. The van der Waals surface area contributed by atoms with Gasteiger partial charge in [0.1, 0.15) is 23.6 Å². The molecule has 9 heteroatoms. The SMILES string of the molecule is COC1=Nc2cc(CO)cc3c2N(C)C1c1cccc2c(=O)n(sc12)CC[C@@H]1CC(CO1)O3. The molecule has 172 valence electrons. The van der Waals surface area contributed by atoms with Gasteiger partial charge >= 0.3 is 0 Å². The first-order valence-corrected chi connectivity index (χ1v) is 11.9. The van der Waals surface area contributed by atoms with E-state index in [2.05, 4.69) is 4.90 Å². The Morgan fingerprint density at radius 1 is 1.30 bits per heavy atom. The summed E-state index contributed by atoms with van der Waals surface area (Å²) in [6.07, 6.45) is 1.44. The standard InChI is InChI=1S/C24H25N3O5S/c1-26-20-16-4-3-5-17-22(16)33-27(24(17)29)7-6-14-10-15(12-31-14)32-19-9-13(11-28)8-18(21(19)26)25-23(20)30-2/h3-5,8-9,14-15,20,28H,6-7,10-12H2,1-2H3/t14-,15?,20?/m1/s1. The zero-order valence-electron chi connectivity index (χ0n) is 18.5. The molecule has 3 aliphatic rings. The molecule has 0 amide bonds. The van der Waals surface area contributed by atoms with Gasteiger partial charge in [-0.25, -0.2) is 4.99 Å². The molecule has 1 aromatic heterocycles. The van der Waals surface area contributed by atoms with E-state index in [4.69, 9.17) is 19.2 Å². The number of fused-ring (bicyclic) bond motifs is 5. The third-order valence-corrected chi connectivity index (χ3v) is 7.91. The van der Waals surface area contributed by atoms with Crippen LogP contribution in [0.3, 0.4) is 0 Å². The number of aliphatic hydroxyl groups is 1. The second kappa shape index (κ2) is 7.86. The van der Waals surface area contributed by atoms with Crippen molar-refractivity contribution in [2.24, 2.45) is 4.99 Å². The third-order valence-electron chi connectivity index (χ3n) is 6.70. The van der Waals surface area contributed by atoms with E-state index in [-0.39, 0.29) is 30.4 Å². The molecular formula is C24H25N3O5S. The van der Waals surface area contributed by atoms with E-state index in [0.29, 0.717) is 35.9 Å². The van der Waals surface area contributed by atoms with Crippen molar-refractivity contribution in [1.82, 2.24) is 3.96 Å². The quantitative estimate of drug-likeness (QED) is 0.591. The number of aliphatic imine (C=N–C) groups is 1. The lowest BCUT2D eigenvalue weighted by atomic mass is 10.00. The second-order valence-corrected chi connectivity index (χ2v) is 9.76. The zero-order valence-corrected chi connectivity index (χ0v) is 19.3. The van der Waals surface area contributed by atoms with Gasteiger partial charge in [-0.15, -0.1) is 0 Å². The number of aryl methyl sites for hydroxylation is 1. The van der Waals surface area contributed by atoms with Crippen molar-refractivity contribution in [3.05, 3.63) is 51.8 Å². The number of hydrogen-bond donors (Lipinski definition) is 1. The van der Waals surface area contributed by atoms with Crippen LogP contribution in [0.1, 0.15) is 30.0 Å². The molecule has 1 fully saturated rings. The lowest BCUT2D eigenvalue weighted by Crippen LogP contribution is -2.35. The summed E-state index contributed by atoms with van der Waals surface area (Å²) >= 11 is 1.49. The van der Waals surface area contributed by atoms with E-state index in [1.165, 1.54) is 11.5 Å². The third kappa shape index (κ3) is 3.25. The Hall–Kier alpha value is -2.88. The van der Waals surface area contributed by atoms with Gasteiger partial charge in [-0.1, -0.05) is 23.7 Å². The van der Waals surface area contributed by atoms with Crippen LogP contribution in [0.25, 0.3) is 10.1 Å². The number of benzene rings is 2. The molecule has 3 atom stereocenters. The summed E-state index contributed by atoms with van der Waals surface area (Å²) in [6, 6.07) is 9.26. The predicted octanol–water partition coefficient (Wildman–Crippen LogP) is 3.36. The van der Waals surface area contributed by atoms with Gasteiger partial charge in [0, 0.05) is 25.6 Å². The fourth-order valence-corrected chi connectivity index (χ4v) is 6.25. The van der Waals surface area contributed by atoms with Crippen molar-refractivity contribution in [3.8, 4) is 5.75 Å². The number of ether oxygens (including phenoxy) is 3. The molecule has 6 bridgehead atoms. The van der Waals surface area contributed by atoms with Crippen molar-refractivity contribution in [2.75, 3.05) is 25.7 Å². The van der Waals surface area contributed by atoms with Crippen LogP contribution in [0.2, 0.25) is 0 Å². The molecule has 2 aromatic carbocycles. The number of likely N-dealkylation sites (N-methyl/N-ethyl adjacent to an activating group) is 1. The highest BCUT2D eigenvalue weighted by molar-refractivity contribution is 7.14. The van der Waals surface area contributed by atoms with E-state index in [1.54, 1.807) is 7.11 Å². The van der Waals surface area contributed by atoms with E-state index in [9.17, 15) is 9.90 Å². The summed E-state index contributed by atoms with van der Waals surface area (Å²) in [6.45, 7) is 0.988. The van der Waals surface area contributed by atoms with Crippen LogP contribution in [-0.4, -0.2) is 47.9 Å². The highest BCUT2D eigenvalue weighted by atomic mass is 32.1. The van der Waals surface area contributed by atoms with Crippen molar-refractivity contribution in [2.45, 2.75) is 44.2 Å². The van der Waals surface area contributed by atoms with Crippen LogP contribution in [-0.2, 0) is 22.6 Å². The summed E-state index contributed by atoms with van der Waals surface area (Å²) in [5.41, 5.74) is 3.25. The monoisotopic (exact) mass is 467 g/mol. The maximum Gasteiger partial charge on any atom is 0.268 e. The fraction of sp³-hybridized carbons (Fsp3) is 0.417. The molecule has 33 heavy (non-hydrogen) atoms. The molecule has 2 unspecified atom stereocenters. The molecule has 3 aliphatic heterocycles. The first-order valence-electron chi connectivity index (χ1n) is 11.1. The van der Waals surface area contributed by atoms with Crippen LogP contribution in [0.4, 0.5) is 11.4 Å². The summed E-state index contributed by atoms with van der Waals surface area (Å²) in [5.74, 6) is 1.20. The average molecular weight is 468 g/mol. The van der Waals surface area contributed by atoms with Gasteiger partial charge in [-0.05, 0) is 30.2 Å². The molecule has 8 nitrogen and oxygen atoms in total. The number of anilines is 1. The number of rotatable bonds is 1. The molecule has 0 spiro atoms. The van der Waals surface area contributed by atoms with Crippen LogP contribution in [0.15, 0.2) is 40.1 Å². The number of methoxy groups -OCH3 is 1. The number of aromatic nitrogens is 1. The highest BCUT2D eigenvalue weighted by Gasteiger charge is 2.36. The number of hydrogen-bond acceptors (Lipinski definition) is 8. The van der Waals surface area contributed by atoms with Gasteiger partial charge in [-0.2, -0.15) is 0 Å². The minimum Gasteiger partial charge on any atom is -0.486 e. The smallest absolute Gasteiger partial charge is 0.268 e. The van der Waals surface area contributed by atoms with E-state index in [1.807, 2.05) is 41.3 Å². The van der Waals surface area contributed by atoms with Gasteiger partial charge in [0.15, 0.2) is 0 Å². The van der Waals surface area contributed by atoms with Crippen molar-refractivity contribution in [3.63, 3.8) is 0 Å².